The summed E-state index contributed by atoms with van der Waals surface area (Å²) in [6.07, 6.45) is 0.830. The molecule has 2 aromatic rings. The molecule has 0 heterocycles. The van der Waals surface area contributed by atoms with Gasteiger partial charge < -0.3 is 19.8 Å². The first-order valence-electron chi connectivity index (χ1n) is 9.86. The number of phenolic OH excluding ortho intramolecular Hbond substituents is 1. The molecule has 3 rings (SSSR count). The molecule has 2 N–H and O–H groups in total. The van der Waals surface area contributed by atoms with Gasteiger partial charge in [-0.1, -0.05) is 29.8 Å². The van der Waals surface area contributed by atoms with Gasteiger partial charge in [0.25, 0.3) is 0 Å². The Balaban J connectivity index is 1.84. The molecule has 1 amide bonds. The summed E-state index contributed by atoms with van der Waals surface area (Å²) in [5, 5.41) is 21.2. The van der Waals surface area contributed by atoms with Crippen LogP contribution in [-0.4, -0.2) is 39.4 Å². The average molecular weight is 418 g/mol. The van der Waals surface area contributed by atoms with Crippen LogP contribution in [0.5, 0.6) is 5.75 Å². The van der Waals surface area contributed by atoms with Crippen molar-refractivity contribution in [1.29, 1.82) is 0 Å². The van der Waals surface area contributed by atoms with Gasteiger partial charge in [0.05, 0.1) is 12.6 Å². The van der Waals surface area contributed by atoms with Crippen molar-refractivity contribution in [2.24, 2.45) is 0 Å². The zero-order valence-corrected chi connectivity index (χ0v) is 17.8. The first-order valence-corrected chi connectivity index (χ1v) is 10.2. The van der Waals surface area contributed by atoms with Crippen molar-refractivity contribution in [3.8, 4) is 5.75 Å². The second-order valence-corrected chi connectivity index (χ2v) is 8.99. The molecule has 2 aromatic carbocycles. The molecule has 1 aliphatic carbocycles. The number of hydrogen-bond donors (Lipinski definition) is 2. The maximum absolute atomic E-state index is 13.0. The van der Waals surface area contributed by atoms with E-state index in [2.05, 4.69) is 0 Å². The summed E-state index contributed by atoms with van der Waals surface area (Å²) >= 11 is 6.05. The first-order chi connectivity index (χ1) is 13.6. The number of aliphatic hydroxyl groups is 1. The lowest BCUT2D eigenvalue weighted by Gasteiger charge is -2.37. The Hall–Kier alpha value is -2.24. The van der Waals surface area contributed by atoms with Gasteiger partial charge in [-0.25, -0.2) is 4.79 Å². The summed E-state index contributed by atoms with van der Waals surface area (Å²) in [5.74, 6) is 0.215. The Kier molecular flexibility index (Phi) is 6.39. The lowest BCUT2D eigenvalue weighted by atomic mass is 9.87. The Morgan fingerprint density at radius 3 is 2.69 bits per heavy atom. The van der Waals surface area contributed by atoms with Gasteiger partial charge in [-0.15, -0.1) is 0 Å². The molecular formula is C23H28ClNO4. The summed E-state index contributed by atoms with van der Waals surface area (Å²) in [6, 6.07) is 12.3. The largest absolute Gasteiger partial charge is 0.508 e. The van der Waals surface area contributed by atoms with Gasteiger partial charge in [0.2, 0.25) is 0 Å². The highest BCUT2D eigenvalue weighted by molar-refractivity contribution is 6.30. The number of phenols is 1. The quantitative estimate of drug-likeness (QED) is 0.744. The van der Waals surface area contributed by atoms with Crippen molar-refractivity contribution in [2.75, 3.05) is 6.54 Å². The van der Waals surface area contributed by atoms with Crippen molar-refractivity contribution in [2.45, 2.75) is 57.8 Å². The number of nitrogens with zero attached hydrogens (tertiary/aromatic N) is 1. The van der Waals surface area contributed by atoms with Crippen LogP contribution in [0.1, 0.15) is 50.0 Å². The van der Waals surface area contributed by atoms with Crippen LogP contribution in [0.4, 0.5) is 4.79 Å². The van der Waals surface area contributed by atoms with Crippen LogP contribution >= 0.6 is 11.6 Å². The summed E-state index contributed by atoms with van der Waals surface area (Å²) in [4.78, 5) is 14.6. The number of halogens is 1. The number of fused-ring (bicyclic) bond motifs is 1. The van der Waals surface area contributed by atoms with Crippen LogP contribution in [-0.2, 0) is 17.6 Å². The number of aliphatic hydroxyl groups excluding tert-OH is 1. The number of aryl methyl sites for hydroxylation is 1. The minimum absolute atomic E-state index is 0.105. The van der Waals surface area contributed by atoms with Gasteiger partial charge in [0.1, 0.15) is 11.4 Å². The SMILES string of the molecule is CC(C)(C)OC(=O)N(C[C@@H](O)c1cccc(Cl)c1)[C@H]1CCc2ccc(O)cc2C1. The predicted octanol–water partition coefficient (Wildman–Crippen LogP) is 4.87. The summed E-state index contributed by atoms with van der Waals surface area (Å²) < 4.78 is 5.63. The van der Waals surface area contributed by atoms with Crippen LogP contribution in [0.15, 0.2) is 42.5 Å². The molecule has 29 heavy (non-hydrogen) atoms. The predicted molar refractivity (Wildman–Crippen MR) is 113 cm³/mol. The maximum atomic E-state index is 13.0. The average Bonchev–Trinajstić information content (AvgIpc) is 2.63. The minimum Gasteiger partial charge on any atom is -0.508 e. The standard InChI is InChI=1S/C23H28ClNO4/c1-23(2,3)29-22(28)25(14-21(27)16-5-4-6-18(24)11-16)19-9-7-15-8-10-20(26)13-17(15)12-19/h4-6,8,10-11,13,19,21,26-27H,7,9,12,14H2,1-3H3/t19-,21+/m0/s1. The molecule has 0 aliphatic heterocycles. The number of benzene rings is 2. The van der Waals surface area contributed by atoms with E-state index in [0.29, 0.717) is 17.0 Å². The molecular weight excluding hydrogens is 390 g/mol. The molecule has 0 saturated carbocycles. The highest BCUT2D eigenvalue weighted by atomic mass is 35.5. The van der Waals surface area contributed by atoms with E-state index in [1.54, 1.807) is 41.3 Å². The topological polar surface area (TPSA) is 70.0 Å². The van der Waals surface area contributed by atoms with Gasteiger partial charge in [-0.2, -0.15) is 0 Å². The maximum Gasteiger partial charge on any atom is 0.410 e. The molecule has 1 aliphatic rings. The fourth-order valence-corrected chi connectivity index (χ4v) is 3.89. The molecule has 2 atom stereocenters. The summed E-state index contributed by atoms with van der Waals surface area (Å²) in [6.45, 7) is 5.58. The van der Waals surface area contributed by atoms with Gasteiger partial charge in [-0.3, -0.25) is 0 Å². The van der Waals surface area contributed by atoms with Gasteiger partial charge in [-0.05, 0) is 81.0 Å². The zero-order valence-electron chi connectivity index (χ0n) is 17.1. The third kappa shape index (κ3) is 5.64. The van der Waals surface area contributed by atoms with Crippen LogP contribution in [0.25, 0.3) is 0 Å². The van der Waals surface area contributed by atoms with Crippen molar-refractivity contribution < 1.29 is 19.7 Å². The van der Waals surface area contributed by atoms with Gasteiger partial charge in [0.15, 0.2) is 0 Å². The zero-order chi connectivity index (χ0) is 21.2. The first kappa shape index (κ1) is 21.5. The van der Waals surface area contributed by atoms with Crippen molar-refractivity contribution >= 4 is 17.7 Å². The van der Waals surface area contributed by atoms with Crippen molar-refractivity contribution in [3.05, 3.63) is 64.2 Å². The smallest absolute Gasteiger partial charge is 0.410 e. The van der Waals surface area contributed by atoms with E-state index in [1.165, 1.54) is 5.56 Å². The number of aromatic hydroxyl groups is 1. The molecule has 6 heteroatoms. The van der Waals surface area contributed by atoms with E-state index in [-0.39, 0.29) is 18.3 Å². The molecule has 156 valence electrons. The number of rotatable bonds is 4. The van der Waals surface area contributed by atoms with E-state index in [9.17, 15) is 15.0 Å². The third-order valence-corrected chi connectivity index (χ3v) is 5.30. The normalized spacial score (nSPS) is 17.3. The van der Waals surface area contributed by atoms with E-state index in [1.807, 2.05) is 26.8 Å². The Morgan fingerprint density at radius 1 is 1.24 bits per heavy atom. The molecule has 0 radical (unpaired) electrons. The fraction of sp³-hybridized carbons (Fsp3) is 0.435. The number of amides is 1. The highest BCUT2D eigenvalue weighted by Crippen LogP contribution is 2.30. The Labute approximate surface area is 176 Å². The number of carbonyl (C=O) groups excluding carboxylic acids is 1. The minimum atomic E-state index is -0.883. The molecule has 0 fully saturated rings. The number of hydrogen-bond acceptors (Lipinski definition) is 4. The molecule has 0 aromatic heterocycles. The number of ether oxygens (including phenoxy) is 1. The number of carbonyl (C=O) groups is 1. The van der Waals surface area contributed by atoms with E-state index < -0.39 is 17.8 Å². The molecule has 0 spiro atoms. The summed E-state index contributed by atoms with van der Waals surface area (Å²) in [7, 11) is 0. The van der Waals surface area contributed by atoms with E-state index >= 15 is 0 Å². The fourth-order valence-electron chi connectivity index (χ4n) is 3.69. The third-order valence-electron chi connectivity index (χ3n) is 5.06. The van der Waals surface area contributed by atoms with E-state index in [4.69, 9.17) is 16.3 Å². The lowest BCUT2D eigenvalue weighted by Crippen LogP contribution is -2.47. The van der Waals surface area contributed by atoms with Crippen LogP contribution < -0.4 is 0 Å². The molecule has 0 saturated heterocycles. The van der Waals surface area contributed by atoms with Crippen LogP contribution in [0.3, 0.4) is 0 Å². The van der Waals surface area contributed by atoms with Crippen LogP contribution in [0.2, 0.25) is 5.02 Å². The second-order valence-electron chi connectivity index (χ2n) is 8.55. The molecule has 0 unspecified atom stereocenters. The van der Waals surface area contributed by atoms with E-state index in [0.717, 1.165) is 18.4 Å². The van der Waals surface area contributed by atoms with Gasteiger partial charge in [0, 0.05) is 11.1 Å². The van der Waals surface area contributed by atoms with Crippen molar-refractivity contribution in [3.63, 3.8) is 0 Å². The Bertz CT molecular complexity index is 877. The second kappa shape index (κ2) is 8.64. The van der Waals surface area contributed by atoms with Crippen molar-refractivity contribution in [1.82, 2.24) is 4.90 Å². The summed E-state index contributed by atoms with van der Waals surface area (Å²) in [5.41, 5.74) is 2.21. The monoisotopic (exact) mass is 417 g/mol. The highest BCUT2D eigenvalue weighted by Gasteiger charge is 2.32. The molecule has 0 bridgehead atoms. The van der Waals surface area contributed by atoms with Crippen LogP contribution in [0, 0.1) is 0 Å². The Morgan fingerprint density at radius 2 is 2.00 bits per heavy atom. The lowest BCUT2D eigenvalue weighted by molar-refractivity contribution is 0.00196. The van der Waals surface area contributed by atoms with Gasteiger partial charge >= 0.3 is 6.09 Å². The molecule has 5 nitrogen and oxygen atoms in total.